The van der Waals surface area contributed by atoms with E-state index in [-0.39, 0.29) is 35.7 Å². The first-order valence-corrected chi connectivity index (χ1v) is 12.4. The molecule has 0 N–H and O–H groups in total. The van der Waals surface area contributed by atoms with Gasteiger partial charge in [0.15, 0.2) is 0 Å². The first-order valence-electron chi connectivity index (χ1n) is 12.4. The Hall–Kier alpha value is -3.74. The Labute approximate surface area is 209 Å². The van der Waals surface area contributed by atoms with Crippen molar-refractivity contribution in [3.63, 3.8) is 0 Å². The lowest BCUT2D eigenvalue weighted by atomic mass is 9.83. The van der Waals surface area contributed by atoms with E-state index in [9.17, 15) is 18.4 Å². The number of rotatable bonds is 4. The lowest BCUT2D eigenvalue weighted by molar-refractivity contribution is -0.137. The topological polar surface area (TPSA) is 43.9 Å². The molecule has 186 valence electrons. The third-order valence-corrected chi connectivity index (χ3v) is 7.25. The van der Waals surface area contributed by atoms with Gasteiger partial charge < -0.3 is 14.7 Å². The molecule has 5 nitrogen and oxygen atoms in total. The summed E-state index contributed by atoms with van der Waals surface area (Å²) in [6.07, 6.45) is 0.622. The van der Waals surface area contributed by atoms with Gasteiger partial charge in [-0.1, -0.05) is 54.6 Å². The Kier molecular flexibility index (Phi) is 6.98. The summed E-state index contributed by atoms with van der Waals surface area (Å²) in [5.74, 6) is -1.64. The molecule has 0 saturated carbocycles. The van der Waals surface area contributed by atoms with Gasteiger partial charge in [0.1, 0.15) is 11.6 Å². The molecule has 0 bridgehead atoms. The summed E-state index contributed by atoms with van der Waals surface area (Å²) in [7, 11) is 0. The van der Waals surface area contributed by atoms with E-state index in [4.69, 9.17) is 0 Å². The van der Waals surface area contributed by atoms with Crippen LogP contribution in [0.1, 0.15) is 28.3 Å². The van der Waals surface area contributed by atoms with Crippen molar-refractivity contribution in [2.24, 2.45) is 5.92 Å². The zero-order valence-corrected chi connectivity index (χ0v) is 20.0. The van der Waals surface area contributed by atoms with E-state index in [0.29, 0.717) is 44.8 Å². The van der Waals surface area contributed by atoms with Crippen molar-refractivity contribution in [2.45, 2.75) is 12.3 Å². The van der Waals surface area contributed by atoms with Crippen molar-refractivity contribution in [1.82, 2.24) is 9.80 Å². The second-order valence-electron chi connectivity index (χ2n) is 9.49. The largest absolute Gasteiger partial charge is 0.366 e. The van der Waals surface area contributed by atoms with Crippen molar-refractivity contribution >= 4 is 17.5 Å². The van der Waals surface area contributed by atoms with Crippen LogP contribution < -0.4 is 4.90 Å². The summed E-state index contributed by atoms with van der Waals surface area (Å²) in [5, 5.41) is 0. The Morgan fingerprint density at radius 3 is 2.03 bits per heavy atom. The standard InChI is InChI=1S/C29H29F2N3O2/c30-25-11-5-4-10-24(25)29(36)34-19-22(21-8-2-1-3-9-21)18-23(20-34)28(35)33-16-14-32(15-17-33)27-13-7-6-12-26(27)31/h1-13,22-23H,14-20H2/t22-,23+/m1/s1. The number of piperazine rings is 1. The maximum atomic E-state index is 14.4. The van der Waals surface area contributed by atoms with Gasteiger partial charge in [-0.25, -0.2) is 8.78 Å². The van der Waals surface area contributed by atoms with Crippen LogP contribution in [0.4, 0.5) is 14.5 Å². The van der Waals surface area contributed by atoms with Crippen LogP contribution in [0.25, 0.3) is 0 Å². The highest BCUT2D eigenvalue weighted by Gasteiger charge is 2.38. The number of likely N-dealkylation sites (tertiary alicyclic amines) is 1. The Morgan fingerprint density at radius 1 is 0.694 bits per heavy atom. The number of carbonyl (C=O) groups is 2. The van der Waals surface area contributed by atoms with Crippen LogP contribution in [0.2, 0.25) is 0 Å². The number of carbonyl (C=O) groups excluding carboxylic acids is 2. The number of piperidine rings is 1. The van der Waals surface area contributed by atoms with Crippen LogP contribution in [0.15, 0.2) is 78.9 Å². The molecule has 2 fully saturated rings. The third-order valence-electron chi connectivity index (χ3n) is 7.25. The van der Waals surface area contributed by atoms with Gasteiger partial charge in [-0.05, 0) is 36.2 Å². The molecule has 2 saturated heterocycles. The van der Waals surface area contributed by atoms with Gasteiger partial charge in [-0.15, -0.1) is 0 Å². The van der Waals surface area contributed by atoms with E-state index in [1.54, 1.807) is 29.2 Å². The smallest absolute Gasteiger partial charge is 0.256 e. The average Bonchev–Trinajstić information content (AvgIpc) is 2.93. The summed E-state index contributed by atoms with van der Waals surface area (Å²) in [5.41, 5.74) is 1.63. The molecule has 0 spiro atoms. The number of amides is 2. The number of hydrogen-bond acceptors (Lipinski definition) is 3. The SMILES string of the molecule is O=C(c1ccccc1F)N1C[C@@H](C(=O)N2CCN(c3ccccc3F)CC2)C[C@@H](c2ccccc2)C1. The molecule has 0 aliphatic carbocycles. The third kappa shape index (κ3) is 4.96. The first-order chi connectivity index (χ1) is 17.5. The molecule has 7 heteroatoms. The summed E-state index contributed by atoms with van der Waals surface area (Å²) >= 11 is 0. The van der Waals surface area contributed by atoms with Crippen LogP contribution in [0.3, 0.4) is 0 Å². The van der Waals surface area contributed by atoms with E-state index < -0.39 is 11.7 Å². The summed E-state index contributed by atoms with van der Waals surface area (Å²) in [4.78, 5) is 32.3. The summed E-state index contributed by atoms with van der Waals surface area (Å²) in [6, 6.07) is 22.5. The van der Waals surface area contributed by atoms with Gasteiger partial charge in [-0.3, -0.25) is 9.59 Å². The predicted octanol–water partition coefficient (Wildman–Crippen LogP) is 4.56. The second kappa shape index (κ2) is 10.5. The number of para-hydroxylation sites is 1. The molecule has 5 rings (SSSR count). The van der Waals surface area contributed by atoms with Crippen molar-refractivity contribution in [2.75, 3.05) is 44.2 Å². The van der Waals surface area contributed by atoms with Crippen molar-refractivity contribution in [3.8, 4) is 0 Å². The predicted molar refractivity (Wildman–Crippen MR) is 135 cm³/mol. The molecule has 3 aromatic rings. The molecule has 3 aromatic carbocycles. The molecule has 0 radical (unpaired) electrons. The molecule has 2 aliphatic heterocycles. The van der Waals surface area contributed by atoms with Crippen LogP contribution >= 0.6 is 0 Å². The van der Waals surface area contributed by atoms with Crippen LogP contribution in [-0.4, -0.2) is 60.9 Å². The number of nitrogens with zero attached hydrogens (tertiary/aromatic N) is 3. The quantitative estimate of drug-likeness (QED) is 0.540. The fourth-order valence-corrected chi connectivity index (χ4v) is 5.35. The number of benzene rings is 3. The molecule has 2 aliphatic rings. The first kappa shape index (κ1) is 24.0. The van der Waals surface area contributed by atoms with Gasteiger partial charge >= 0.3 is 0 Å². The zero-order chi connectivity index (χ0) is 25.1. The second-order valence-corrected chi connectivity index (χ2v) is 9.49. The number of anilines is 1. The van der Waals surface area contributed by atoms with E-state index in [1.165, 1.54) is 18.2 Å². The Balaban J connectivity index is 1.33. The van der Waals surface area contributed by atoms with E-state index >= 15 is 0 Å². The van der Waals surface area contributed by atoms with E-state index in [0.717, 1.165) is 5.56 Å². The molecule has 0 unspecified atom stereocenters. The minimum Gasteiger partial charge on any atom is -0.366 e. The summed E-state index contributed by atoms with van der Waals surface area (Å²) < 4.78 is 28.6. The van der Waals surface area contributed by atoms with Crippen molar-refractivity contribution < 1.29 is 18.4 Å². The lowest BCUT2D eigenvalue weighted by Gasteiger charge is -2.42. The van der Waals surface area contributed by atoms with Gasteiger partial charge in [-0.2, -0.15) is 0 Å². The fraction of sp³-hybridized carbons (Fsp3) is 0.310. The molecule has 2 heterocycles. The van der Waals surface area contributed by atoms with E-state index in [1.807, 2.05) is 46.2 Å². The molecular weight excluding hydrogens is 460 g/mol. The molecular formula is C29H29F2N3O2. The Bertz CT molecular complexity index is 1230. The van der Waals surface area contributed by atoms with E-state index in [2.05, 4.69) is 0 Å². The van der Waals surface area contributed by atoms with Gasteiger partial charge in [0.05, 0.1) is 17.2 Å². The molecule has 2 amide bonds. The van der Waals surface area contributed by atoms with Gasteiger partial charge in [0.2, 0.25) is 5.91 Å². The highest BCUT2D eigenvalue weighted by molar-refractivity contribution is 5.95. The van der Waals surface area contributed by atoms with Gasteiger partial charge in [0, 0.05) is 45.2 Å². The maximum Gasteiger partial charge on any atom is 0.256 e. The van der Waals surface area contributed by atoms with Crippen molar-refractivity contribution in [1.29, 1.82) is 0 Å². The minimum absolute atomic E-state index is 0.00449. The van der Waals surface area contributed by atoms with Crippen LogP contribution in [0, 0.1) is 17.6 Å². The number of hydrogen-bond donors (Lipinski definition) is 0. The Morgan fingerprint density at radius 2 is 1.33 bits per heavy atom. The normalized spacial score (nSPS) is 20.3. The van der Waals surface area contributed by atoms with Crippen molar-refractivity contribution in [3.05, 3.63) is 102 Å². The molecule has 36 heavy (non-hydrogen) atoms. The minimum atomic E-state index is -0.559. The highest BCUT2D eigenvalue weighted by atomic mass is 19.1. The average molecular weight is 490 g/mol. The molecule has 2 atom stereocenters. The zero-order valence-electron chi connectivity index (χ0n) is 20.0. The fourth-order valence-electron chi connectivity index (χ4n) is 5.35. The highest BCUT2D eigenvalue weighted by Crippen LogP contribution is 2.33. The maximum absolute atomic E-state index is 14.4. The molecule has 0 aromatic heterocycles. The summed E-state index contributed by atoms with van der Waals surface area (Å²) in [6.45, 7) is 2.74. The number of halogens is 2. The monoisotopic (exact) mass is 489 g/mol. The van der Waals surface area contributed by atoms with Gasteiger partial charge in [0.25, 0.3) is 5.91 Å². The van der Waals surface area contributed by atoms with Crippen LogP contribution in [0.5, 0.6) is 0 Å². The van der Waals surface area contributed by atoms with Crippen LogP contribution in [-0.2, 0) is 4.79 Å². The lowest BCUT2D eigenvalue weighted by Crippen LogP contribution is -2.54.